The Morgan fingerprint density at radius 2 is 1.64 bits per heavy atom. The van der Waals surface area contributed by atoms with Gasteiger partial charge in [0.25, 0.3) is 5.91 Å². The van der Waals surface area contributed by atoms with E-state index in [-0.39, 0.29) is 17.8 Å². The molecule has 2 aromatic carbocycles. The summed E-state index contributed by atoms with van der Waals surface area (Å²) < 4.78 is 5.10. The Hall–Kier alpha value is -4.01. The number of urea groups is 1. The number of para-hydroxylation sites is 1. The molecule has 0 radical (unpaired) electrons. The Balaban J connectivity index is 1.26. The molecule has 3 N–H and O–H groups in total. The molecule has 0 unspecified atom stereocenters. The van der Waals surface area contributed by atoms with Gasteiger partial charge in [-0.2, -0.15) is 0 Å². The summed E-state index contributed by atoms with van der Waals surface area (Å²) in [6.45, 7) is 3.27. The number of nitrogens with zero attached hydrogens (tertiary/aromatic N) is 2. The van der Waals surface area contributed by atoms with Gasteiger partial charge in [-0.15, -0.1) is 0 Å². The van der Waals surface area contributed by atoms with E-state index in [4.69, 9.17) is 4.74 Å². The van der Waals surface area contributed by atoms with Crippen molar-refractivity contribution in [2.45, 2.75) is 13.0 Å². The number of anilines is 1. The highest BCUT2D eigenvalue weighted by atomic mass is 16.5. The maximum atomic E-state index is 12.8. The predicted octanol–water partition coefficient (Wildman–Crippen LogP) is 2.67. The molecule has 1 aromatic heterocycles. The molecule has 1 aliphatic heterocycles. The van der Waals surface area contributed by atoms with Crippen LogP contribution in [0.2, 0.25) is 0 Å². The van der Waals surface area contributed by atoms with Crippen LogP contribution in [0.1, 0.15) is 17.4 Å². The summed E-state index contributed by atoms with van der Waals surface area (Å²) in [5, 5.41) is 6.48. The van der Waals surface area contributed by atoms with Crippen LogP contribution >= 0.6 is 0 Å². The molecule has 2 heterocycles. The monoisotopic (exact) mass is 449 g/mol. The van der Waals surface area contributed by atoms with Gasteiger partial charge in [-0.3, -0.25) is 9.59 Å². The SMILES string of the molecule is COc1ccc(NC(=O)[C@@H](C)NC(=O)N2CCN(C(=O)c3cc4ccccc4[nH]3)CC2)cc1. The zero-order chi connectivity index (χ0) is 23.4. The Morgan fingerprint density at radius 1 is 0.970 bits per heavy atom. The van der Waals surface area contributed by atoms with Crippen molar-refractivity contribution >= 4 is 34.4 Å². The van der Waals surface area contributed by atoms with E-state index in [9.17, 15) is 14.4 Å². The van der Waals surface area contributed by atoms with E-state index in [0.717, 1.165) is 10.9 Å². The number of piperazine rings is 1. The smallest absolute Gasteiger partial charge is 0.318 e. The van der Waals surface area contributed by atoms with E-state index in [1.807, 2.05) is 30.3 Å². The number of aromatic nitrogens is 1. The molecule has 1 saturated heterocycles. The molecule has 0 spiro atoms. The first kappa shape index (κ1) is 22.2. The first-order valence-corrected chi connectivity index (χ1v) is 10.8. The molecular weight excluding hydrogens is 422 g/mol. The highest BCUT2D eigenvalue weighted by Crippen LogP contribution is 2.17. The van der Waals surface area contributed by atoms with Gasteiger partial charge in [-0.1, -0.05) is 18.2 Å². The lowest BCUT2D eigenvalue weighted by atomic mass is 10.2. The van der Waals surface area contributed by atoms with Crippen molar-refractivity contribution in [2.75, 3.05) is 38.6 Å². The fourth-order valence-electron chi connectivity index (χ4n) is 3.74. The van der Waals surface area contributed by atoms with Crippen LogP contribution in [0.25, 0.3) is 10.9 Å². The molecular formula is C24H27N5O4. The van der Waals surface area contributed by atoms with Crippen molar-refractivity contribution in [2.24, 2.45) is 0 Å². The van der Waals surface area contributed by atoms with Gasteiger partial charge in [0, 0.05) is 42.8 Å². The minimum Gasteiger partial charge on any atom is -0.497 e. The summed E-state index contributed by atoms with van der Waals surface area (Å²) in [7, 11) is 1.57. The number of carbonyl (C=O) groups excluding carboxylic acids is 3. The number of fused-ring (bicyclic) bond motifs is 1. The lowest BCUT2D eigenvalue weighted by molar-refractivity contribution is -0.117. The van der Waals surface area contributed by atoms with E-state index in [0.29, 0.717) is 43.3 Å². The number of amides is 4. The number of carbonyl (C=O) groups is 3. The summed E-state index contributed by atoms with van der Waals surface area (Å²) in [5.74, 6) is 0.288. The normalized spacial score (nSPS) is 14.6. The number of rotatable bonds is 5. The number of ether oxygens (including phenoxy) is 1. The van der Waals surface area contributed by atoms with Gasteiger partial charge in [0.15, 0.2) is 0 Å². The second kappa shape index (κ2) is 9.64. The number of aromatic amines is 1. The van der Waals surface area contributed by atoms with Gasteiger partial charge >= 0.3 is 6.03 Å². The molecule has 0 aliphatic carbocycles. The Morgan fingerprint density at radius 3 is 2.30 bits per heavy atom. The number of benzene rings is 2. The van der Waals surface area contributed by atoms with Crippen molar-refractivity contribution in [3.63, 3.8) is 0 Å². The minimum atomic E-state index is -0.717. The van der Waals surface area contributed by atoms with Crippen LogP contribution in [-0.2, 0) is 4.79 Å². The summed E-state index contributed by atoms with van der Waals surface area (Å²) in [5.41, 5.74) is 2.07. The third kappa shape index (κ3) is 5.08. The first-order valence-electron chi connectivity index (χ1n) is 10.8. The van der Waals surface area contributed by atoms with Crippen LogP contribution in [-0.4, -0.2) is 72.0 Å². The average molecular weight is 450 g/mol. The number of H-pyrrole nitrogens is 1. The number of hydrogen-bond donors (Lipinski definition) is 3. The van der Waals surface area contributed by atoms with Gasteiger partial charge in [-0.25, -0.2) is 4.79 Å². The van der Waals surface area contributed by atoms with Gasteiger partial charge in [0.2, 0.25) is 5.91 Å². The molecule has 4 rings (SSSR count). The largest absolute Gasteiger partial charge is 0.497 e. The van der Waals surface area contributed by atoms with Gasteiger partial charge in [0.1, 0.15) is 17.5 Å². The molecule has 4 amide bonds. The van der Waals surface area contributed by atoms with Crippen LogP contribution in [0.4, 0.5) is 10.5 Å². The summed E-state index contributed by atoms with van der Waals surface area (Å²) >= 11 is 0. The Kier molecular flexibility index (Phi) is 6.48. The number of methoxy groups -OCH3 is 1. The van der Waals surface area contributed by atoms with Crippen molar-refractivity contribution in [1.82, 2.24) is 20.1 Å². The molecule has 172 valence electrons. The maximum absolute atomic E-state index is 12.8. The van der Waals surface area contributed by atoms with Crippen LogP contribution in [0.3, 0.4) is 0 Å². The van der Waals surface area contributed by atoms with E-state index < -0.39 is 6.04 Å². The second-order valence-corrected chi connectivity index (χ2v) is 7.94. The second-order valence-electron chi connectivity index (χ2n) is 7.94. The third-order valence-corrected chi connectivity index (χ3v) is 5.71. The van der Waals surface area contributed by atoms with Crippen LogP contribution in [0.5, 0.6) is 5.75 Å². The molecule has 0 saturated carbocycles. The zero-order valence-corrected chi connectivity index (χ0v) is 18.6. The molecule has 9 heteroatoms. The van der Waals surface area contributed by atoms with Crippen LogP contribution in [0, 0.1) is 0 Å². The van der Waals surface area contributed by atoms with E-state index in [1.165, 1.54) is 0 Å². The third-order valence-electron chi connectivity index (χ3n) is 5.71. The Labute approximate surface area is 191 Å². The van der Waals surface area contributed by atoms with Crippen LogP contribution < -0.4 is 15.4 Å². The highest BCUT2D eigenvalue weighted by molar-refractivity contribution is 5.98. The lowest BCUT2D eigenvalue weighted by Crippen LogP contribution is -2.55. The standard InChI is InChI=1S/C24H27N5O4/c1-16(22(30)26-18-7-9-19(33-2)10-8-18)25-24(32)29-13-11-28(12-14-29)23(31)21-15-17-5-3-4-6-20(17)27-21/h3-10,15-16,27H,11-14H2,1-2H3,(H,25,32)(H,26,30)/t16-/m1/s1. The van der Waals surface area contributed by atoms with Crippen LogP contribution in [0.15, 0.2) is 54.6 Å². The van der Waals surface area contributed by atoms with E-state index >= 15 is 0 Å². The number of nitrogens with one attached hydrogen (secondary N) is 3. The highest BCUT2D eigenvalue weighted by Gasteiger charge is 2.27. The molecule has 1 aliphatic rings. The fraction of sp³-hybridized carbons (Fsp3) is 0.292. The Bertz CT molecular complexity index is 1120. The summed E-state index contributed by atoms with van der Waals surface area (Å²) in [6.07, 6.45) is 0. The summed E-state index contributed by atoms with van der Waals surface area (Å²) in [6, 6.07) is 15.5. The maximum Gasteiger partial charge on any atom is 0.318 e. The van der Waals surface area contributed by atoms with E-state index in [2.05, 4.69) is 15.6 Å². The fourth-order valence-corrected chi connectivity index (χ4v) is 3.74. The minimum absolute atomic E-state index is 0.0847. The molecule has 0 bridgehead atoms. The van der Waals surface area contributed by atoms with E-state index in [1.54, 1.807) is 48.1 Å². The topological polar surface area (TPSA) is 107 Å². The predicted molar refractivity (Wildman–Crippen MR) is 125 cm³/mol. The zero-order valence-electron chi connectivity index (χ0n) is 18.6. The van der Waals surface area contributed by atoms with Crippen molar-refractivity contribution in [3.05, 3.63) is 60.3 Å². The molecule has 9 nitrogen and oxygen atoms in total. The van der Waals surface area contributed by atoms with Gasteiger partial charge in [0.05, 0.1) is 7.11 Å². The molecule has 33 heavy (non-hydrogen) atoms. The quantitative estimate of drug-likeness (QED) is 0.557. The molecule has 3 aromatic rings. The molecule has 1 fully saturated rings. The van der Waals surface area contributed by atoms with Gasteiger partial charge < -0.3 is 30.2 Å². The first-order chi connectivity index (χ1) is 15.9. The van der Waals surface area contributed by atoms with Crippen molar-refractivity contribution < 1.29 is 19.1 Å². The average Bonchev–Trinajstić information content (AvgIpc) is 3.28. The number of hydrogen-bond acceptors (Lipinski definition) is 4. The van der Waals surface area contributed by atoms with Crippen molar-refractivity contribution in [1.29, 1.82) is 0 Å². The van der Waals surface area contributed by atoms with Gasteiger partial charge in [-0.05, 0) is 43.3 Å². The lowest BCUT2D eigenvalue weighted by Gasteiger charge is -2.35. The molecule has 1 atom stereocenters. The summed E-state index contributed by atoms with van der Waals surface area (Å²) in [4.78, 5) is 44.4. The van der Waals surface area contributed by atoms with Crippen molar-refractivity contribution in [3.8, 4) is 5.75 Å².